The normalized spacial score (nSPS) is 13.5. The van der Waals surface area contributed by atoms with Crippen LogP contribution in [0.1, 0.15) is 0 Å². The lowest BCUT2D eigenvalue weighted by Crippen LogP contribution is -2.12. The molecule has 14 heavy (non-hydrogen) atoms. The third-order valence-corrected chi connectivity index (χ3v) is 5.80. The maximum Gasteiger partial charge on any atom is 0.318 e. The Bertz CT molecular complexity index is 170. The number of alkyl halides is 4. The van der Waals surface area contributed by atoms with Crippen LogP contribution in [-0.2, 0) is 9.59 Å². The minimum Gasteiger partial charge on any atom is -0.480 e. The smallest absolute Gasteiger partial charge is 0.318 e. The lowest BCUT2D eigenvalue weighted by molar-refractivity contribution is -0.135. The van der Waals surface area contributed by atoms with Crippen molar-refractivity contribution < 1.29 is 14.7 Å². The van der Waals surface area contributed by atoms with Gasteiger partial charge >= 0.3 is 5.97 Å². The summed E-state index contributed by atoms with van der Waals surface area (Å²) in [6.45, 7) is 0. The van der Waals surface area contributed by atoms with Crippen molar-refractivity contribution in [2.45, 2.75) is 9.65 Å². The summed E-state index contributed by atoms with van der Waals surface area (Å²) in [6, 6.07) is 0. The maximum absolute atomic E-state index is 10.1. The van der Waals surface area contributed by atoms with Gasteiger partial charge in [-0.05, 0) is 11.6 Å². The van der Waals surface area contributed by atoms with Gasteiger partial charge in [-0.2, -0.15) is 0 Å². The summed E-state index contributed by atoms with van der Waals surface area (Å²) in [7, 11) is 0. The number of carboxylic acids is 1. The van der Waals surface area contributed by atoms with Crippen LogP contribution in [0.4, 0.5) is 0 Å². The molecule has 84 valence electrons. The Hall–Kier alpha value is 1.35. The predicted octanol–water partition coefficient (Wildman–Crippen LogP) is 3.14. The van der Waals surface area contributed by atoms with Crippen LogP contribution in [0.3, 0.4) is 0 Å². The van der Waals surface area contributed by atoms with Gasteiger partial charge in [-0.15, -0.1) is 0 Å². The van der Waals surface area contributed by atoms with Gasteiger partial charge in [0, 0.05) is 10.7 Å². The first-order valence-electron chi connectivity index (χ1n) is 3.19. The highest BCUT2D eigenvalue weighted by Gasteiger charge is 2.08. The van der Waals surface area contributed by atoms with Gasteiger partial charge in [0.05, 0.1) is 4.83 Å². The number of carboxylic acid groups (broad SMARTS) is 1. The molecule has 0 aliphatic rings. The van der Waals surface area contributed by atoms with Crippen molar-refractivity contribution in [1.82, 2.24) is 0 Å². The number of halogens is 5. The molecule has 0 aliphatic heterocycles. The topological polar surface area (TPSA) is 54.4 Å². The molecule has 0 aromatic heterocycles. The molecule has 0 saturated carbocycles. The Morgan fingerprint density at radius 2 is 1.50 bits per heavy atom. The van der Waals surface area contributed by atoms with Gasteiger partial charge in [0.1, 0.15) is 4.83 Å². The first-order chi connectivity index (χ1) is 6.36. The van der Waals surface area contributed by atoms with E-state index in [4.69, 9.17) is 16.7 Å². The fraction of sp³-hybridized carbons (Fsp3) is 0.667. The van der Waals surface area contributed by atoms with Gasteiger partial charge in [-0.3, -0.25) is 9.59 Å². The van der Waals surface area contributed by atoms with Crippen molar-refractivity contribution in [1.29, 1.82) is 0 Å². The molecule has 2 atom stereocenters. The van der Waals surface area contributed by atoms with E-state index >= 15 is 0 Å². The minimum absolute atomic E-state index is 0.242. The van der Waals surface area contributed by atoms with Gasteiger partial charge in [-0.25, -0.2) is 0 Å². The lowest BCUT2D eigenvalue weighted by atomic mass is 10.5. The van der Waals surface area contributed by atoms with Crippen molar-refractivity contribution in [3.8, 4) is 0 Å². The summed E-state index contributed by atoms with van der Waals surface area (Å²) in [6.07, 6.45) is 0. The first kappa shape index (κ1) is 17.7. The van der Waals surface area contributed by atoms with Gasteiger partial charge in [0.25, 0.3) is 0 Å². The highest BCUT2D eigenvalue weighted by atomic mass is 79.9. The zero-order valence-electron chi connectivity index (χ0n) is 6.72. The number of carbonyl (C=O) groups is 2. The van der Waals surface area contributed by atoms with E-state index < -0.39 is 10.8 Å². The number of rotatable bonds is 4. The molecule has 0 rings (SSSR count). The molecule has 0 spiro atoms. The molecule has 0 saturated heterocycles. The molecule has 0 aromatic carbocycles. The molecule has 0 radical (unpaired) electrons. The van der Waals surface area contributed by atoms with E-state index in [2.05, 4.69) is 63.7 Å². The van der Waals surface area contributed by atoms with Crippen LogP contribution in [-0.4, -0.2) is 36.6 Å². The largest absolute Gasteiger partial charge is 0.480 e. The Balaban J connectivity index is 0. The second-order valence-electron chi connectivity index (χ2n) is 1.89. The fourth-order valence-corrected chi connectivity index (χ4v) is 0.961. The molecule has 3 nitrogen and oxygen atoms in total. The third kappa shape index (κ3) is 11.4. The van der Waals surface area contributed by atoms with Gasteiger partial charge in [0.2, 0.25) is 5.24 Å². The summed E-state index contributed by atoms with van der Waals surface area (Å²) >= 11 is 17.0. The molecule has 0 aliphatic carbocycles. The van der Waals surface area contributed by atoms with E-state index in [0.717, 1.165) is 0 Å². The maximum atomic E-state index is 10.1. The van der Waals surface area contributed by atoms with Gasteiger partial charge in [0.15, 0.2) is 0 Å². The average molecular weight is 482 g/mol. The zero-order chi connectivity index (χ0) is 11.7. The SMILES string of the molecule is O=C(Cl)C(Br)CBr.O=C(O)C(Br)CBr. The summed E-state index contributed by atoms with van der Waals surface area (Å²) in [5.41, 5.74) is 0. The summed E-state index contributed by atoms with van der Waals surface area (Å²) in [5, 5.41) is 8.75. The van der Waals surface area contributed by atoms with Crippen LogP contribution >= 0.6 is 75.3 Å². The zero-order valence-corrected chi connectivity index (χ0v) is 13.8. The monoisotopic (exact) mass is 478 g/mol. The fourth-order valence-electron chi connectivity index (χ4n) is 0.127. The third-order valence-electron chi connectivity index (χ3n) is 0.785. The molecule has 2 unspecified atom stereocenters. The summed E-state index contributed by atoms with van der Waals surface area (Å²) < 4.78 is 0. The van der Waals surface area contributed by atoms with Crippen molar-refractivity contribution >= 4 is 86.5 Å². The van der Waals surface area contributed by atoms with Crippen LogP contribution in [0.25, 0.3) is 0 Å². The molecular weight excluding hydrogens is 475 g/mol. The van der Waals surface area contributed by atoms with E-state index in [1.54, 1.807) is 0 Å². The van der Waals surface area contributed by atoms with E-state index in [1.807, 2.05) is 0 Å². The Kier molecular flexibility index (Phi) is 13.8. The quantitative estimate of drug-likeness (QED) is 0.495. The molecular formula is C6H7Br4ClO3. The van der Waals surface area contributed by atoms with Crippen molar-refractivity contribution in [2.24, 2.45) is 0 Å². The minimum atomic E-state index is -0.836. The summed E-state index contributed by atoms with van der Waals surface area (Å²) in [4.78, 5) is 19.2. The van der Waals surface area contributed by atoms with Crippen molar-refractivity contribution in [2.75, 3.05) is 10.7 Å². The number of hydrogen-bond acceptors (Lipinski definition) is 2. The predicted molar refractivity (Wildman–Crippen MR) is 71.5 cm³/mol. The van der Waals surface area contributed by atoms with Gasteiger partial charge in [-0.1, -0.05) is 63.7 Å². The van der Waals surface area contributed by atoms with E-state index in [0.29, 0.717) is 10.7 Å². The van der Waals surface area contributed by atoms with Crippen LogP contribution in [0.15, 0.2) is 0 Å². The molecule has 1 N–H and O–H groups in total. The highest BCUT2D eigenvalue weighted by Crippen LogP contribution is 2.06. The Morgan fingerprint density at radius 1 is 1.14 bits per heavy atom. The second kappa shape index (κ2) is 10.9. The highest BCUT2D eigenvalue weighted by molar-refractivity contribution is 9.12. The second-order valence-corrected chi connectivity index (χ2v) is 5.76. The first-order valence-corrected chi connectivity index (χ1v) is 7.64. The van der Waals surface area contributed by atoms with Crippen molar-refractivity contribution in [3.63, 3.8) is 0 Å². The standard InChI is InChI=1S/C3H3Br2ClO.C3H4Br2O2/c2*4-1-2(5)3(6)7/h2H,1H2;2H,1H2,(H,6,7). The van der Waals surface area contributed by atoms with Gasteiger partial charge < -0.3 is 5.11 Å². The van der Waals surface area contributed by atoms with Crippen LogP contribution in [0.5, 0.6) is 0 Å². The molecule has 0 aromatic rings. The number of hydrogen-bond donors (Lipinski definition) is 1. The molecule has 8 heteroatoms. The van der Waals surface area contributed by atoms with E-state index in [9.17, 15) is 9.59 Å². The number of aliphatic carboxylic acids is 1. The van der Waals surface area contributed by atoms with E-state index in [-0.39, 0.29) is 10.1 Å². The van der Waals surface area contributed by atoms with Crippen LogP contribution < -0.4 is 0 Å². The Labute approximate surface area is 120 Å². The number of carbonyl (C=O) groups excluding carboxylic acids is 1. The molecule has 0 bridgehead atoms. The van der Waals surface area contributed by atoms with Crippen molar-refractivity contribution in [3.05, 3.63) is 0 Å². The molecule has 0 heterocycles. The lowest BCUT2D eigenvalue weighted by Gasteiger charge is -1.93. The summed E-state index contributed by atoms with van der Waals surface area (Å²) in [5.74, 6) is -0.836. The average Bonchev–Trinajstić information content (AvgIpc) is 2.15. The molecule has 0 amide bonds. The van der Waals surface area contributed by atoms with Crippen LogP contribution in [0.2, 0.25) is 0 Å². The van der Waals surface area contributed by atoms with E-state index in [1.165, 1.54) is 0 Å². The van der Waals surface area contributed by atoms with Crippen LogP contribution in [0, 0.1) is 0 Å². The molecule has 0 fully saturated rings. The Morgan fingerprint density at radius 3 is 1.50 bits per heavy atom.